The maximum absolute atomic E-state index is 13.7. The van der Waals surface area contributed by atoms with E-state index in [0.717, 1.165) is 25.7 Å². The summed E-state index contributed by atoms with van der Waals surface area (Å²) in [5, 5.41) is 0. The number of carbonyl (C=O) groups is 3. The summed E-state index contributed by atoms with van der Waals surface area (Å²) in [4.78, 5) is 38.5. The molecule has 2 heterocycles. The van der Waals surface area contributed by atoms with Crippen LogP contribution in [0.5, 0.6) is 0 Å². The quantitative estimate of drug-likeness (QED) is 0.239. The molecule has 2 saturated heterocycles. The molecule has 6 aliphatic rings. The molecule has 0 spiro atoms. The average Bonchev–Trinajstić information content (AvgIpc) is 3.33. The van der Waals surface area contributed by atoms with Crippen molar-refractivity contribution in [2.75, 3.05) is 5.75 Å². The maximum atomic E-state index is 13.7. The Kier molecular flexibility index (Phi) is 7.39. The van der Waals surface area contributed by atoms with E-state index in [1.807, 2.05) is 0 Å². The third-order valence-electron chi connectivity index (χ3n) is 9.66. The summed E-state index contributed by atoms with van der Waals surface area (Å²) in [7, 11) is -5.98. The molecule has 4 saturated carbocycles. The van der Waals surface area contributed by atoms with Gasteiger partial charge in [-0.25, -0.2) is 0 Å². The highest BCUT2D eigenvalue weighted by atomic mass is 32.2. The zero-order chi connectivity index (χ0) is 30.2. The molecule has 0 aromatic heterocycles. The molecule has 16 heteroatoms. The van der Waals surface area contributed by atoms with E-state index in [0.29, 0.717) is 24.2 Å². The highest BCUT2D eigenvalue weighted by Gasteiger charge is 2.78. The van der Waals surface area contributed by atoms with Gasteiger partial charge in [0.1, 0.15) is 5.75 Å². The second kappa shape index (κ2) is 9.98. The van der Waals surface area contributed by atoms with Gasteiger partial charge in [0.25, 0.3) is 15.9 Å². The second-order valence-corrected chi connectivity index (χ2v) is 13.8. The number of halogens is 6. The topological polar surface area (TPSA) is 133 Å². The average molecular weight is 621 g/mol. The summed E-state index contributed by atoms with van der Waals surface area (Å²) in [6.07, 6.45) is -6.08. The van der Waals surface area contributed by atoms with Crippen LogP contribution in [0.15, 0.2) is 0 Å². The molecule has 0 radical (unpaired) electrons. The molecule has 6 fully saturated rings. The monoisotopic (exact) mass is 620 g/mol. The highest BCUT2D eigenvalue weighted by molar-refractivity contribution is 7.85. The molecule has 0 amide bonds. The molecule has 6 bridgehead atoms. The fourth-order valence-electron chi connectivity index (χ4n) is 8.12. The van der Waals surface area contributed by atoms with Gasteiger partial charge < -0.3 is 14.2 Å². The second-order valence-electron chi connectivity index (χ2n) is 12.3. The van der Waals surface area contributed by atoms with Crippen LogP contribution in [0.1, 0.15) is 64.2 Å². The van der Waals surface area contributed by atoms with Crippen molar-refractivity contribution in [2.45, 2.75) is 87.9 Å². The molecule has 41 heavy (non-hydrogen) atoms. The van der Waals surface area contributed by atoms with Crippen LogP contribution in [0, 0.1) is 41.4 Å². The van der Waals surface area contributed by atoms with Crippen LogP contribution in [-0.2, 0) is 38.7 Å². The molecule has 6 rings (SSSR count). The largest absolute Gasteiger partial charge is 0.438 e. The number of hydrogen-bond donors (Lipinski definition) is 1. The molecule has 1 N–H and O–H groups in total. The van der Waals surface area contributed by atoms with E-state index in [1.165, 1.54) is 12.8 Å². The summed E-state index contributed by atoms with van der Waals surface area (Å²) < 4.78 is 128. The predicted molar refractivity (Wildman–Crippen MR) is 123 cm³/mol. The summed E-state index contributed by atoms with van der Waals surface area (Å²) in [6, 6.07) is 0. The molecule has 9 nitrogen and oxygen atoms in total. The van der Waals surface area contributed by atoms with Crippen molar-refractivity contribution in [3.63, 3.8) is 0 Å². The normalized spacial score (nSPS) is 36.7. The Morgan fingerprint density at radius 2 is 1.61 bits per heavy atom. The van der Waals surface area contributed by atoms with Gasteiger partial charge in [-0.05, 0) is 55.8 Å². The summed E-state index contributed by atoms with van der Waals surface area (Å²) in [6.45, 7) is 0. The Hall–Kier alpha value is -2.10. The zero-order valence-electron chi connectivity index (χ0n) is 21.7. The Morgan fingerprint density at radius 3 is 2.17 bits per heavy atom. The zero-order valence-corrected chi connectivity index (χ0v) is 22.5. The van der Waals surface area contributed by atoms with E-state index in [-0.39, 0.29) is 19.3 Å². The molecule has 7 unspecified atom stereocenters. The van der Waals surface area contributed by atoms with Gasteiger partial charge in [0.05, 0.1) is 17.8 Å². The van der Waals surface area contributed by atoms with Gasteiger partial charge in [0.2, 0.25) is 0 Å². The lowest BCUT2D eigenvalue weighted by atomic mass is 9.67. The number of alkyl halides is 6. The first kappa shape index (κ1) is 30.4. The summed E-state index contributed by atoms with van der Waals surface area (Å²) in [5.41, 5.74) is -5.60. The lowest BCUT2D eigenvalue weighted by Crippen LogP contribution is -2.65. The first-order valence-corrected chi connectivity index (χ1v) is 15.2. The smallest absolute Gasteiger partial charge is 0.438 e. The lowest BCUT2D eigenvalue weighted by molar-refractivity contribution is -0.364. The van der Waals surface area contributed by atoms with Crippen LogP contribution >= 0.6 is 0 Å². The van der Waals surface area contributed by atoms with Crippen LogP contribution in [0.4, 0.5) is 26.3 Å². The molecule has 4 aliphatic carbocycles. The van der Waals surface area contributed by atoms with Crippen LogP contribution in [0.25, 0.3) is 0 Å². The number of rotatable bonds is 8. The first-order valence-electron chi connectivity index (χ1n) is 13.6. The van der Waals surface area contributed by atoms with Crippen molar-refractivity contribution >= 4 is 28.0 Å². The predicted octanol–water partition coefficient (Wildman–Crippen LogP) is 4.35. The molecule has 232 valence electrons. The minimum Gasteiger partial charge on any atom is -0.438 e. The maximum Gasteiger partial charge on any atom is 0.438 e. The number of fused-ring (bicyclic) bond motifs is 3. The van der Waals surface area contributed by atoms with Crippen molar-refractivity contribution in [1.82, 2.24) is 0 Å². The molecular formula is C25H30F6O9S. The van der Waals surface area contributed by atoms with E-state index >= 15 is 0 Å². The van der Waals surface area contributed by atoms with Gasteiger partial charge in [0.15, 0.2) is 0 Å². The van der Waals surface area contributed by atoms with Gasteiger partial charge in [-0.3, -0.25) is 18.9 Å². The van der Waals surface area contributed by atoms with Crippen molar-refractivity contribution in [1.29, 1.82) is 0 Å². The lowest BCUT2D eigenvalue weighted by Gasteiger charge is -2.47. The Morgan fingerprint density at radius 1 is 1.00 bits per heavy atom. The van der Waals surface area contributed by atoms with Crippen molar-refractivity contribution in [2.24, 2.45) is 41.4 Å². The van der Waals surface area contributed by atoms with Crippen LogP contribution < -0.4 is 0 Å². The fraction of sp³-hybridized carbons (Fsp3) is 0.880. The minimum absolute atomic E-state index is 0.0427. The molecule has 0 aromatic carbocycles. The van der Waals surface area contributed by atoms with Crippen LogP contribution in [0.3, 0.4) is 0 Å². The van der Waals surface area contributed by atoms with E-state index in [4.69, 9.17) is 14.0 Å². The van der Waals surface area contributed by atoms with Crippen molar-refractivity contribution in [3.8, 4) is 0 Å². The third kappa shape index (κ3) is 5.42. The SMILES string of the molecule is O=C(CCC1CC2CCCC(C2)C1)OC12CC3CC1C(C(=O)OC(CS(=O)(=O)O)(C(F)(F)F)C(F)(F)F)C3C(=O)O2. The molecule has 0 aromatic rings. The number of carbonyl (C=O) groups excluding carboxylic acids is 3. The van der Waals surface area contributed by atoms with Gasteiger partial charge in [-0.15, -0.1) is 0 Å². The van der Waals surface area contributed by atoms with Crippen molar-refractivity contribution < 1.29 is 67.9 Å². The molecular weight excluding hydrogens is 590 g/mol. The molecule has 7 atom stereocenters. The highest BCUT2D eigenvalue weighted by Crippen LogP contribution is 2.64. The van der Waals surface area contributed by atoms with E-state index in [9.17, 15) is 49.1 Å². The number of hydrogen-bond acceptors (Lipinski definition) is 8. The van der Waals surface area contributed by atoms with E-state index in [2.05, 4.69) is 4.74 Å². The summed E-state index contributed by atoms with van der Waals surface area (Å²) in [5.74, 6) is -13.0. The van der Waals surface area contributed by atoms with Crippen LogP contribution in [-0.4, -0.2) is 60.4 Å². The third-order valence-corrected chi connectivity index (χ3v) is 10.4. The number of esters is 3. The Bertz CT molecular complexity index is 1170. The van der Waals surface area contributed by atoms with Gasteiger partial charge in [-0.1, -0.05) is 19.3 Å². The Labute approximate surface area is 231 Å². The minimum atomic E-state index is -6.50. The fourth-order valence-corrected chi connectivity index (χ4v) is 9.02. The standard InChI is InChI=1S/C25H30F6O9S/c26-24(27,28)23(25(29,30)31,11-41(35,36)37)40-21(34)19-16-9-15-10-22(16,39-20(33)18(15)19)38-17(32)5-4-14-7-12-2-1-3-13(6-12)8-14/h12-16,18-19H,1-11H2,(H,35,36,37). The van der Waals surface area contributed by atoms with E-state index < -0.39 is 81.2 Å². The van der Waals surface area contributed by atoms with Gasteiger partial charge in [0, 0.05) is 12.8 Å². The van der Waals surface area contributed by atoms with Gasteiger partial charge in [-0.2, -0.15) is 34.8 Å². The van der Waals surface area contributed by atoms with Crippen LogP contribution in [0.2, 0.25) is 0 Å². The number of ether oxygens (including phenoxy) is 3. The first-order chi connectivity index (χ1) is 18.8. The summed E-state index contributed by atoms with van der Waals surface area (Å²) >= 11 is 0. The Balaban J connectivity index is 1.32. The van der Waals surface area contributed by atoms with Crippen molar-refractivity contribution in [3.05, 3.63) is 0 Å². The van der Waals surface area contributed by atoms with E-state index in [1.54, 1.807) is 0 Å². The van der Waals surface area contributed by atoms with Gasteiger partial charge >= 0.3 is 35.9 Å². The molecule has 2 aliphatic heterocycles.